The quantitative estimate of drug-likeness (QED) is 0.900. The van der Waals surface area contributed by atoms with E-state index in [0.717, 1.165) is 31.4 Å². The van der Waals surface area contributed by atoms with Gasteiger partial charge in [-0.15, -0.1) is 0 Å². The molecule has 3 aliphatic rings. The second kappa shape index (κ2) is 5.87. The fraction of sp³-hybridized carbons (Fsp3) is 0.556. The number of hydrogen-bond acceptors (Lipinski definition) is 3. The van der Waals surface area contributed by atoms with Crippen molar-refractivity contribution < 1.29 is 14.3 Å². The Labute approximate surface area is 136 Å². The second-order valence-corrected chi connectivity index (χ2v) is 6.85. The van der Waals surface area contributed by atoms with Crippen molar-refractivity contribution in [3.05, 3.63) is 30.3 Å². The molecule has 2 aliphatic carbocycles. The first-order chi connectivity index (χ1) is 11.2. The van der Waals surface area contributed by atoms with Gasteiger partial charge in [0.05, 0.1) is 6.54 Å². The Morgan fingerprint density at radius 2 is 1.83 bits per heavy atom. The van der Waals surface area contributed by atoms with E-state index in [1.54, 1.807) is 4.90 Å². The van der Waals surface area contributed by atoms with Crippen LogP contribution in [-0.4, -0.2) is 41.4 Å². The van der Waals surface area contributed by atoms with Crippen LogP contribution in [0.25, 0.3) is 0 Å². The van der Waals surface area contributed by atoms with E-state index in [1.165, 1.54) is 0 Å². The minimum atomic E-state index is -0.377. The van der Waals surface area contributed by atoms with Gasteiger partial charge in [0.2, 0.25) is 11.8 Å². The van der Waals surface area contributed by atoms with Gasteiger partial charge in [-0.05, 0) is 37.8 Å². The molecule has 1 N–H and O–H groups in total. The molecule has 1 heterocycles. The number of carbonyl (C=O) groups is 2. The number of likely N-dealkylation sites (tertiary alicyclic amines) is 1. The summed E-state index contributed by atoms with van der Waals surface area (Å²) in [6, 6.07) is 9.54. The van der Waals surface area contributed by atoms with Crippen LogP contribution < -0.4 is 10.1 Å². The first-order valence-corrected chi connectivity index (χ1v) is 8.53. The summed E-state index contributed by atoms with van der Waals surface area (Å²) in [7, 11) is 0. The molecule has 1 aliphatic heterocycles. The minimum Gasteiger partial charge on any atom is -0.488 e. The maximum Gasteiger partial charge on any atom is 0.243 e. The van der Waals surface area contributed by atoms with Gasteiger partial charge in [0, 0.05) is 18.4 Å². The topological polar surface area (TPSA) is 58.6 Å². The van der Waals surface area contributed by atoms with E-state index in [1.807, 2.05) is 30.3 Å². The largest absolute Gasteiger partial charge is 0.488 e. The fourth-order valence-electron chi connectivity index (χ4n) is 3.16. The summed E-state index contributed by atoms with van der Waals surface area (Å²) in [6.07, 6.45) is 4.48. The lowest BCUT2D eigenvalue weighted by atomic mass is 10.1. The third-order valence-corrected chi connectivity index (χ3v) is 4.74. The average molecular weight is 314 g/mol. The standard InChI is InChI=1S/C18H22N2O3/c21-17(19-13-8-9-13)16-10-15(23-14-4-2-1-3-5-14)11-20(16)18(22)12-6-7-12/h1-5,12-13,15-16H,6-11H2,(H,19,21)/t15-,16-/m0/s1. The number of rotatable bonds is 5. The lowest BCUT2D eigenvalue weighted by molar-refractivity contribution is -0.139. The summed E-state index contributed by atoms with van der Waals surface area (Å²) in [5, 5.41) is 3.04. The first-order valence-electron chi connectivity index (χ1n) is 8.53. The Balaban J connectivity index is 1.45. The zero-order chi connectivity index (χ0) is 15.8. The summed E-state index contributed by atoms with van der Waals surface area (Å²) in [4.78, 5) is 26.8. The molecule has 4 rings (SSSR count). The van der Waals surface area contributed by atoms with Crippen molar-refractivity contribution in [1.29, 1.82) is 0 Å². The van der Waals surface area contributed by atoms with E-state index in [0.29, 0.717) is 19.0 Å². The molecule has 5 heteroatoms. The number of amides is 2. The van der Waals surface area contributed by atoms with Crippen LogP contribution in [0.2, 0.25) is 0 Å². The molecular weight excluding hydrogens is 292 g/mol. The molecule has 1 aromatic carbocycles. The van der Waals surface area contributed by atoms with Crippen molar-refractivity contribution in [3.8, 4) is 5.75 Å². The van der Waals surface area contributed by atoms with Gasteiger partial charge in [0.15, 0.2) is 0 Å². The smallest absolute Gasteiger partial charge is 0.243 e. The normalized spacial score (nSPS) is 26.9. The van der Waals surface area contributed by atoms with Crippen LogP contribution in [0.15, 0.2) is 30.3 Å². The maximum atomic E-state index is 12.5. The van der Waals surface area contributed by atoms with Crippen molar-refractivity contribution >= 4 is 11.8 Å². The van der Waals surface area contributed by atoms with Gasteiger partial charge in [-0.1, -0.05) is 18.2 Å². The van der Waals surface area contributed by atoms with E-state index in [-0.39, 0.29) is 29.9 Å². The molecule has 1 saturated heterocycles. The molecule has 0 bridgehead atoms. The Morgan fingerprint density at radius 3 is 2.48 bits per heavy atom. The van der Waals surface area contributed by atoms with Crippen LogP contribution in [-0.2, 0) is 9.59 Å². The average Bonchev–Trinajstić information content (AvgIpc) is 3.47. The Bertz CT molecular complexity index is 596. The number of hydrogen-bond donors (Lipinski definition) is 1. The van der Waals surface area contributed by atoms with Crippen LogP contribution in [0, 0.1) is 5.92 Å². The third-order valence-electron chi connectivity index (χ3n) is 4.74. The van der Waals surface area contributed by atoms with E-state index < -0.39 is 0 Å². The lowest BCUT2D eigenvalue weighted by Gasteiger charge is -2.23. The highest BCUT2D eigenvalue weighted by molar-refractivity contribution is 5.90. The van der Waals surface area contributed by atoms with Crippen LogP contribution in [0.5, 0.6) is 5.75 Å². The number of para-hydroxylation sites is 1. The summed E-state index contributed by atoms with van der Waals surface area (Å²) in [5.41, 5.74) is 0. The molecule has 23 heavy (non-hydrogen) atoms. The zero-order valence-corrected chi connectivity index (χ0v) is 13.1. The molecule has 2 saturated carbocycles. The highest BCUT2D eigenvalue weighted by Crippen LogP contribution is 2.34. The molecule has 1 aromatic rings. The zero-order valence-electron chi connectivity index (χ0n) is 13.1. The molecule has 0 unspecified atom stereocenters. The minimum absolute atomic E-state index is 0.0133. The summed E-state index contributed by atoms with van der Waals surface area (Å²) >= 11 is 0. The van der Waals surface area contributed by atoms with E-state index >= 15 is 0 Å². The van der Waals surface area contributed by atoms with Gasteiger partial charge in [-0.25, -0.2) is 0 Å². The predicted molar refractivity (Wildman–Crippen MR) is 84.9 cm³/mol. The van der Waals surface area contributed by atoms with Gasteiger partial charge < -0.3 is 15.0 Å². The molecule has 0 spiro atoms. The lowest BCUT2D eigenvalue weighted by Crippen LogP contribution is -2.47. The molecule has 2 amide bonds. The predicted octanol–water partition coefficient (Wildman–Crippen LogP) is 1.72. The van der Waals surface area contributed by atoms with Crippen LogP contribution >= 0.6 is 0 Å². The third kappa shape index (κ3) is 3.33. The molecule has 3 fully saturated rings. The highest BCUT2D eigenvalue weighted by atomic mass is 16.5. The molecular formula is C18H22N2O3. The number of nitrogens with one attached hydrogen (secondary N) is 1. The van der Waals surface area contributed by atoms with Crippen molar-refractivity contribution in [1.82, 2.24) is 10.2 Å². The summed E-state index contributed by atoms with van der Waals surface area (Å²) in [5.74, 6) is 1.03. The number of benzene rings is 1. The molecule has 2 atom stereocenters. The first kappa shape index (κ1) is 14.5. The molecule has 0 aromatic heterocycles. The van der Waals surface area contributed by atoms with Crippen molar-refractivity contribution in [2.75, 3.05) is 6.54 Å². The number of nitrogens with zero attached hydrogens (tertiary/aromatic N) is 1. The van der Waals surface area contributed by atoms with Crippen LogP contribution in [0.1, 0.15) is 32.1 Å². The second-order valence-electron chi connectivity index (χ2n) is 6.85. The van der Waals surface area contributed by atoms with E-state index in [9.17, 15) is 9.59 Å². The van der Waals surface area contributed by atoms with Gasteiger partial charge in [0.1, 0.15) is 17.9 Å². The Morgan fingerprint density at radius 1 is 1.09 bits per heavy atom. The molecule has 0 radical (unpaired) electrons. The van der Waals surface area contributed by atoms with E-state index in [4.69, 9.17) is 4.74 Å². The van der Waals surface area contributed by atoms with Crippen LogP contribution in [0.3, 0.4) is 0 Å². The molecule has 122 valence electrons. The summed E-state index contributed by atoms with van der Waals surface area (Å²) in [6.45, 7) is 0.507. The summed E-state index contributed by atoms with van der Waals surface area (Å²) < 4.78 is 5.98. The van der Waals surface area contributed by atoms with Gasteiger partial charge in [0.25, 0.3) is 0 Å². The Hall–Kier alpha value is -2.04. The van der Waals surface area contributed by atoms with E-state index in [2.05, 4.69) is 5.32 Å². The number of ether oxygens (including phenoxy) is 1. The number of carbonyl (C=O) groups excluding carboxylic acids is 2. The van der Waals surface area contributed by atoms with Crippen molar-refractivity contribution in [2.24, 2.45) is 5.92 Å². The fourth-order valence-corrected chi connectivity index (χ4v) is 3.16. The molecule has 5 nitrogen and oxygen atoms in total. The van der Waals surface area contributed by atoms with Gasteiger partial charge in [-0.2, -0.15) is 0 Å². The highest BCUT2D eigenvalue weighted by Gasteiger charge is 2.45. The van der Waals surface area contributed by atoms with Crippen LogP contribution in [0.4, 0.5) is 0 Å². The SMILES string of the molecule is O=C(NC1CC1)[C@@H]1C[C@H](Oc2ccccc2)CN1C(=O)C1CC1. The maximum absolute atomic E-state index is 12.5. The van der Waals surface area contributed by atoms with Crippen molar-refractivity contribution in [3.63, 3.8) is 0 Å². The van der Waals surface area contributed by atoms with Crippen molar-refractivity contribution in [2.45, 2.75) is 50.3 Å². The van der Waals surface area contributed by atoms with Gasteiger partial charge in [-0.3, -0.25) is 9.59 Å². The Kier molecular flexibility index (Phi) is 3.71. The van der Waals surface area contributed by atoms with Gasteiger partial charge >= 0.3 is 0 Å². The monoisotopic (exact) mass is 314 g/mol.